The fourth-order valence-electron chi connectivity index (χ4n) is 3.21. The van der Waals surface area contributed by atoms with E-state index in [2.05, 4.69) is 65.8 Å². The van der Waals surface area contributed by atoms with E-state index in [1.165, 1.54) is 29.4 Å². The molecule has 180 valence electrons. The van der Waals surface area contributed by atoms with Crippen molar-refractivity contribution in [3.8, 4) is 0 Å². The third-order valence-electron chi connectivity index (χ3n) is 5.15. The van der Waals surface area contributed by atoms with Crippen LogP contribution in [0.2, 0.25) is 0 Å². The highest BCUT2D eigenvalue weighted by Crippen LogP contribution is 2.17. The third kappa shape index (κ3) is 12.1. The number of hydrogen-bond donors (Lipinski definition) is 0. The second-order valence-electron chi connectivity index (χ2n) is 8.95. The van der Waals surface area contributed by atoms with Gasteiger partial charge in [0.2, 0.25) is 0 Å². The molecule has 0 saturated heterocycles. The monoisotopic (exact) mass is 452 g/mol. The molecule has 0 aliphatic carbocycles. The number of hydrogen-bond acceptors (Lipinski definition) is 4. The fraction of sp³-hybridized carbons (Fsp3) is 0.448. The molecule has 0 saturated carbocycles. The molecule has 1 atom stereocenters. The molecule has 1 rings (SSSR count). The van der Waals surface area contributed by atoms with Crippen molar-refractivity contribution in [1.29, 1.82) is 0 Å². The first-order chi connectivity index (χ1) is 15.6. The zero-order valence-electron chi connectivity index (χ0n) is 21.4. The normalized spacial score (nSPS) is 12.6. The van der Waals surface area contributed by atoms with E-state index in [0.29, 0.717) is 17.5 Å². The molecule has 0 aliphatic heterocycles. The SMILES string of the molecule is COC(=O)c1ccc(C(=O)OC(C=C(C)CCC=C(C)C)CC=C(C)CCC=C(C)C)cc1. The third-order valence-corrected chi connectivity index (χ3v) is 5.15. The number of carbonyl (C=O) groups is 2. The molecule has 4 nitrogen and oxygen atoms in total. The summed E-state index contributed by atoms with van der Waals surface area (Å²) >= 11 is 0. The van der Waals surface area contributed by atoms with Crippen molar-refractivity contribution in [1.82, 2.24) is 0 Å². The van der Waals surface area contributed by atoms with E-state index in [0.717, 1.165) is 25.7 Å². The van der Waals surface area contributed by atoms with Gasteiger partial charge in [0.25, 0.3) is 0 Å². The summed E-state index contributed by atoms with van der Waals surface area (Å²) in [7, 11) is 1.33. The van der Waals surface area contributed by atoms with Gasteiger partial charge < -0.3 is 9.47 Å². The van der Waals surface area contributed by atoms with E-state index in [9.17, 15) is 9.59 Å². The van der Waals surface area contributed by atoms with Gasteiger partial charge in [0, 0.05) is 6.42 Å². The molecule has 0 radical (unpaired) electrons. The van der Waals surface area contributed by atoms with E-state index >= 15 is 0 Å². The van der Waals surface area contributed by atoms with Gasteiger partial charge in [-0.05, 0) is 97.6 Å². The lowest BCUT2D eigenvalue weighted by molar-refractivity contribution is 0.0397. The predicted octanol–water partition coefficient (Wildman–Crippen LogP) is 7.77. The fourth-order valence-corrected chi connectivity index (χ4v) is 3.21. The van der Waals surface area contributed by atoms with Crippen LogP contribution in [-0.4, -0.2) is 25.2 Å². The average Bonchev–Trinajstić information content (AvgIpc) is 2.76. The highest BCUT2D eigenvalue weighted by atomic mass is 16.5. The smallest absolute Gasteiger partial charge is 0.338 e. The van der Waals surface area contributed by atoms with Gasteiger partial charge in [-0.1, -0.05) is 40.5 Å². The second-order valence-corrected chi connectivity index (χ2v) is 8.95. The van der Waals surface area contributed by atoms with Gasteiger partial charge in [0.15, 0.2) is 0 Å². The van der Waals surface area contributed by atoms with Gasteiger partial charge >= 0.3 is 11.9 Å². The Kier molecular flexibility index (Phi) is 12.8. The second kappa shape index (κ2) is 15.0. The lowest BCUT2D eigenvalue weighted by Crippen LogP contribution is -2.16. The summed E-state index contributed by atoms with van der Waals surface area (Å²) in [5.74, 6) is -0.836. The molecule has 0 amide bonds. The van der Waals surface area contributed by atoms with Crippen molar-refractivity contribution in [2.75, 3.05) is 7.11 Å². The molecule has 0 aromatic heterocycles. The van der Waals surface area contributed by atoms with Gasteiger partial charge in [-0.3, -0.25) is 0 Å². The van der Waals surface area contributed by atoms with Crippen molar-refractivity contribution in [3.05, 3.63) is 82.0 Å². The summed E-state index contributed by atoms with van der Waals surface area (Å²) in [5.41, 5.74) is 5.91. The summed E-state index contributed by atoms with van der Waals surface area (Å²) in [6.45, 7) is 12.6. The molecule has 0 bridgehead atoms. The maximum Gasteiger partial charge on any atom is 0.338 e. The van der Waals surface area contributed by atoms with Gasteiger partial charge in [-0.25, -0.2) is 9.59 Å². The van der Waals surface area contributed by atoms with E-state index in [1.807, 2.05) is 0 Å². The van der Waals surface area contributed by atoms with Crippen LogP contribution in [0, 0.1) is 0 Å². The molecule has 0 spiro atoms. The molecule has 0 aliphatic rings. The van der Waals surface area contributed by atoms with Crippen LogP contribution in [0.25, 0.3) is 0 Å². The minimum Gasteiger partial charge on any atom is -0.465 e. The van der Waals surface area contributed by atoms with E-state index < -0.39 is 11.9 Å². The predicted molar refractivity (Wildman–Crippen MR) is 136 cm³/mol. The quantitative estimate of drug-likeness (QED) is 0.240. The van der Waals surface area contributed by atoms with Crippen LogP contribution in [0.4, 0.5) is 0 Å². The van der Waals surface area contributed by atoms with E-state index in [-0.39, 0.29) is 6.10 Å². The van der Waals surface area contributed by atoms with Crippen molar-refractivity contribution < 1.29 is 19.1 Å². The number of benzene rings is 1. The number of ether oxygens (including phenoxy) is 2. The standard InChI is InChI=1S/C29H40O4/c1-21(2)10-8-12-23(5)14-19-27(20-24(6)13-9-11-22(3)4)33-29(31)26-17-15-25(16-18-26)28(30)32-7/h10-11,14-18,20,27H,8-9,12-13,19H2,1-7H3. The Morgan fingerprint density at radius 2 is 1.24 bits per heavy atom. The maximum absolute atomic E-state index is 12.8. The Morgan fingerprint density at radius 3 is 1.73 bits per heavy atom. The molecule has 1 aromatic rings. The molecule has 4 heteroatoms. The van der Waals surface area contributed by atoms with Crippen LogP contribution in [0.15, 0.2) is 70.9 Å². The molecular formula is C29H40O4. The van der Waals surface area contributed by atoms with E-state index in [1.54, 1.807) is 24.3 Å². The van der Waals surface area contributed by atoms with E-state index in [4.69, 9.17) is 9.47 Å². The summed E-state index contributed by atoms with van der Waals surface area (Å²) in [5, 5.41) is 0. The largest absolute Gasteiger partial charge is 0.465 e. The molecule has 1 aromatic carbocycles. The Labute approximate surface area is 200 Å². The van der Waals surface area contributed by atoms with Gasteiger partial charge in [0.05, 0.1) is 18.2 Å². The van der Waals surface area contributed by atoms with Crippen LogP contribution in [0.5, 0.6) is 0 Å². The Morgan fingerprint density at radius 1 is 0.758 bits per heavy atom. The summed E-state index contributed by atoms with van der Waals surface area (Å²) in [6.07, 6.45) is 12.9. The molecule has 0 heterocycles. The lowest BCUT2D eigenvalue weighted by Gasteiger charge is -2.15. The van der Waals surface area contributed by atoms with Crippen LogP contribution < -0.4 is 0 Å². The zero-order valence-corrected chi connectivity index (χ0v) is 21.4. The van der Waals surface area contributed by atoms with Gasteiger partial charge in [0.1, 0.15) is 6.10 Å². The number of esters is 2. The molecule has 33 heavy (non-hydrogen) atoms. The summed E-state index contributed by atoms with van der Waals surface area (Å²) < 4.78 is 10.6. The molecule has 0 N–H and O–H groups in total. The highest BCUT2D eigenvalue weighted by Gasteiger charge is 2.15. The Bertz CT molecular complexity index is 890. The number of rotatable bonds is 12. The van der Waals surface area contributed by atoms with Gasteiger partial charge in [-0.2, -0.15) is 0 Å². The summed E-state index contributed by atoms with van der Waals surface area (Å²) in [6, 6.07) is 6.34. The molecule has 1 unspecified atom stereocenters. The van der Waals surface area contributed by atoms with Crippen LogP contribution in [0.1, 0.15) is 94.4 Å². The first-order valence-electron chi connectivity index (χ1n) is 11.6. The van der Waals surface area contributed by atoms with Crippen LogP contribution in [0.3, 0.4) is 0 Å². The topological polar surface area (TPSA) is 52.6 Å². The highest BCUT2D eigenvalue weighted by molar-refractivity contribution is 5.93. The van der Waals surface area contributed by atoms with Crippen molar-refractivity contribution in [3.63, 3.8) is 0 Å². The number of allylic oxidation sites excluding steroid dienone is 6. The molecule has 0 fully saturated rings. The minimum absolute atomic E-state index is 0.345. The van der Waals surface area contributed by atoms with Crippen molar-refractivity contribution in [2.24, 2.45) is 0 Å². The first kappa shape index (κ1) is 28.2. The first-order valence-corrected chi connectivity index (χ1v) is 11.6. The number of methoxy groups -OCH3 is 1. The Hall–Kier alpha value is -2.88. The van der Waals surface area contributed by atoms with Crippen molar-refractivity contribution >= 4 is 11.9 Å². The average molecular weight is 453 g/mol. The lowest BCUT2D eigenvalue weighted by atomic mass is 10.0. The zero-order chi connectivity index (χ0) is 24.8. The maximum atomic E-state index is 12.8. The Balaban J connectivity index is 2.93. The number of carbonyl (C=O) groups excluding carboxylic acids is 2. The molecular weight excluding hydrogens is 412 g/mol. The van der Waals surface area contributed by atoms with Crippen LogP contribution >= 0.6 is 0 Å². The van der Waals surface area contributed by atoms with Gasteiger partial charge in [-0.15, -0.1) is 0 Å². The van der Waals surface area contributed by atoms with Crippen LogP contribution in [-0.2, 0) is 9.47 Å². The minimum atomic E-state index is -0.434. The van der Waals surface area contributed by atoms with Crippen molar-refractivity contribution in [2.45, 2.75) is 79.8 Å². The summed E-state index contributed by atoms with van der Waals surface area (Å²) in [4.78, 5) is 24.4.